The monoisotopic (exact) mass is 330 g/mol. The van der Waals surface area contributed by atoms with Gasteiger partial charge in [-0.1, -0.05) is 49.6 Å². The zero-order valence-electron chi connectivity index (χ0n) is 14.1. The molecule has 130 valence electrons. The van der Waals surface area contributed by atoms with Crippen LogP contribution in [0.15, 0.2) is 30.3 Å². The summed E-state index contributed by atoms with van der Waals surface area (Å²) in [5.74, 6) is -0.0175. The van der Waals surface area contributed by atoms with E-state index >= 15 is 0 Å². The molecule has 1 saturated carbocycles. The second kappa shape index (κ2) is 8.18. The molecule has 0 unspecified atom stereocenters. The number of likely N-dealkylation sites (tertiary alicyclic amines) is 1. The fraction of sp³-hybridized carbons (Fsp3) is 0.579. The van der Waals surface area contributed by atoms with Gasteiger partial charge in [-0.3, -0.25) is 9.69 Å². The molecule has 2 fully saturated rings. The van der Waals surface area contributed by atoms with Gasteiger partial charge < -0.3 is 10.1 Å². The fourth-order valence-corrected chi connectivity index (χ4v) is 3.60. The third kappa shape index (κ3) is 4.28. The first-order chi connectivity index (χ1) is 11.7. The summed E-state index contributed by atoms with van der Waals surface area (Å²) in [5, 5.41) is 3.13. The Morgan fingerprint density at radius 1 is 1.04 bits per heavy atom. The van der Waals surface area contributed by atoms with Crippen LogP contribution in [0.3, 0.4) is 0 Å². The van der Waals surface area contributed by atoms with E-state index in [9.17, 15) is 9.59 Å². The van der Waals surface area contributed by atoms with E-state index in [0.29, 0.717) is 6.54 Å². The number of amides is 2. The smallest absolute Gasteiger partial charge is 0.410 e. The standard InChI is InChI=1S/C19H26N2O3/c22-18(20-16-10-5-2-6-11-16)17-12-7-13-21(17)19(23)24-14-15-8-3-1-4-9-15/h1,3-4,8-9,16-17H,2,5-7,10-14H2,(H,20,22)/t17-/m0/s1. The molecule has 24 heavy (non-hydrogen) atoms. The predicted octanol–water partition coefficient (Wildman–Crippen LogP) is 3.24. The van der Waals surface area contributed by atoms with Crippen LogP contribution in [0.5, 0.6) is 0 Å². The third-order valence-corrected chi connectivity index (χ3v) is 4.95. The topological polar surface area (TPSA) is 58.6 Å². The highest BCUT2D eigenvalue weighted by molar-refractivity contribution is 5.86. The summed E-state index contributed by atoms with van der Waals surface area (Å²) >= 11 is 0. The van der Waals surface area contributed by atoms with Crippen LogP contribution in [0, 0.1) is 0 Å². The number of ether oxygens (including phenoxy) is 1. The van der Waals surface area contributed by atoms with Crippen molar-refractivity contribution < 1.29 is 14.3 Å². The van der Waals surface area contributed by atoms with E-state index in [0.717, 1.165) is 31.2 Å². The molecule has 0 spiro atoms. The number of nitrogens with one attached hydrogen (secondary N) is 1. The molecule has 1 aromatic carbocycles. The van der Waals surface area contributed by atoms with Crippen molar-refractivity contribution in [2.24, 2.45) is 0 Å². The largest absolute Gasteiger partial charge is 0.445 e. The normalized spacial score (nSPS) is 21.5. The average molecular weight is 330 g/mol. The van der Waals surface area contributed by atoms with Gasteiger partial charge >= 0.3 is 6.09 Å². The van der Waals surface area contributed by atoms with Crippen molar-refractivity contribution in [3.8, 4) is 0 Å². The van der Waals surface area contributed by atoms with Gasteiger partial charge in [0.1, 0.15) is 12.6 Å². The Morgan fingerprint density at radius 3 is 2.54 bits per heavy atom. The van der Waals surface area contributed by atoms with Crippen LogP contribution >= 0.6 is 0 Å². The van der Waals surface area contributed by atoms with E-state index in [-0.39, 0.29) is 30.7 Å². The molecule has 5 nitrogen and oxygen atoms in total. The second-order valence-corrected chi connectivity index (χ2v) is 6.74. The van der Waals surface area contributed by atoms with Gasteiger partial charge in [0.05, 0.1) is 0 Å². The summed E-state index contributed by atoms with van der Waals surface area (Å²) in [6.07, 6.45) is 6.90. The van der Waals surface area contributed by atoms with Crippen molar-refractivity contribution in [3.63, 3.8) is 0 Å². The van der Waals surface area contributed by atoms with Crippen molar-refractivity contribution in [1.82, 2.24) is 10.2 Å². The van der Waals surface area contributed by atoms with Gasteiger partial charge in [-0.05, 0) is 31.2 Å². The average Bonchev–Trinajstić information content (AvgIpc) is 3.11. The number of hydrogen-bond acceptors (Lipinski definition) is 3. The molecule has 3 rings (SSSR count). The van der Waals surface area contributed by atoms with E-state index in [1.807, 2.05) is 30.3 Å². The van der Waals surface area contributed by atoms with Crippen molar-refractivity contribution in [3.05, 3.63) is 35.9 Å². The van der Waals surface area contributed by atoms with Crippen molar-refractivity contribution >= 4 is 12.0 Å². The number of hydrogen-bond donors (Lipinski definition) is 1. The van der Waals surface area contributed by atoms with Gasteiger partial charge in [0.15, 0.2) is 0 Å². The summed E-state index contributed by atoms with van der Waals surface area (Å²) in [7, 11) is 0. The highest BCUT2D eigenvalue weighted by atomic mass is 16.6. The molecule has 1 saturated heterocycles. The minimum absolute atomic E-state index is 0.0175. The van der Waals surface area contributed by atoms with Gasteiger partial charge in [-0.15, -0.1) is 0 Å². The van der Waals surface area contributed by atoms with Crippen LogP contribution in [-0.4, -0.2) is 35.5 Å². The lowest BCUT2D eigenvalue weighted by Crippen LogP contribution is -2.49. The molecule has 0 bridgehead atoms. The summed E-state index contributed by atoms with van der Waals surface area (Å²) in [4.78, 5) is 26.5. The van der Waals surface area contributed by atoms with Crippen LogP contribution < -0.4 is 5.32 Å². The molecule has 0 aromatic heterocycles. The fourth-order valence-electron chi connectivity index (χ4n) is 3.60. The molecule has 2 amide bonds. The van der Waals surface area contributed by atoms with Crippen molar-refractivity contribution in [1.29, 1.82) is 0 Å². The third-order valence-electron chi connectivity index (χ3n) is 4.95. The molecule has 0 radical (unpaired) electrons. The van der Waals surface area contributed by atoms with Crippen molar-refractivity contribution in [2.75, 3.05) is 6.54 Å². The van der Waals surface area contributed by atoms with Gasteiger partial charge in [0, 0.05) is 12.6 Å². The van der Waals surface area contributed by atoms with Gasteiger partial charge in [-0.25, -0.2) is 4.79 Å². The SMILES string of the molecule is O=C(NC1CCCCC1)[C@@H]1CCCN1C(=O)OCc1ccccc1. The maximum absolute atomic E-state index is 12.5. The van der Waals surface area contributed by atoms with Gasteiger partial charge in [-0.2, -0.15) is 0 Å². The lowest BCUT2D eigenvalue weighted by molar-refractivity contribution is -0.126. The van der Waals surface area contributed by atoms with Crippen LogP contribution in [0.1, 0.15) is 50.5 Å². The Morgan fingerprint density at radius 2 is 1.79 bits per heavy atom. The number of rotatable bonds is 4. The Bertz CT molecular complexity index is 555. The Kier molecular flexibility index (Phi) is 5.72. The molecular formula is C19H26N2O3. The molecule has 1 atom stereocenters. The summed E-state index contributed by atoms with van der Waals surface area (Å²) in [6.45, 7) is 0.837. The molecule has 1 aromatic rings. The van der Waals surface area contributed by atoms with Crippen LogP contribution in [0.4, 0.5) is 4.79 Å². The van der Waals surface area contributed by atoms with E-state index in [2.05, 4.69) is 5.32 Å². The van der Waals surface area contributed by atoms with Crippen LogP contribution in [0.25, 0.3) is 0 Å². The zero-order chi connectivity index (χ0) is 16.8. The van der Waals surface area contributed by atoms with E-state index in [1.54, 1.807) is 4.90 Å². The Hall–Kier alpha value is -2.04. The Labute approximate surface area is 143 Å². The molecule has 1 aliphatic heterocycles. The molecule has 1 N–H and O–H groups in total. The summed E-state index contributed by atoms with van der Waals surface area (Å²) < 4.78 is 5.39. The van der Waals surface area contributed by atoms with Gasteiger partial charge in [0.25, 0.3) is 0 Å². The molecular weight excluding hydrogens is 304 g/mol. The first-order valence-electron chi connectivity index (χ1n) is 9.02. The Balaban J connectivity index is 1.52. The number of benzene rings is 1. The van der Waals surface area contributed by atoms with E-state index in [1.165, 1.54) is 19.3 Å². The van der Waals surface area contributed by atoms with E-state index in [4.69, 9.17) is 4.74 Å². The van der Waals surface area contributed by atoms with Gasteiger partial charge in [0.2, 0.25) is 5.91 Å². The molecule has 1 heterocycles. The molecule has 1 aliphatic carbocycles. The maximum atomic E-state index is 12.5. The zero-order valence-corrected chi connectivity index (χ0v) is 14.1. The first kappa shape index (κ1) is 16.8. The highest BCUT2D eigenvalue weighted by Gasteiger charge is 2.35. The number of carbonyl (C=O) groups is 2. The molecule has 2 aliphatic rings. The van der Waals surface area contributed by atoms with Crippen LogP contribution in [0.2, 0.25) is 0 Å². The highest BCUT2D eigenvalue weighted by Crippen LogP contribution is 2.21. The summed E-state index contributed by atoms with van der Waals surface area (Å²) in [6, 6.07) is 9.50. The lowest BCUT2D eigenvalue weighted by atomic mass is 9.95. The summed E-state index contributed by atoms with van der Waals surface area (Å²) in [5.41, 5.74) is 0.952. The number of carbonyl (C=O) groups excluding carboxylic acids is 2. The maximum Gasteiger partial charge on any atom is 0.410 e. The van der Waals surface area contributed by atoms with Crippen molar-refractivity contribution in [2.45, 2.75) is 63.6 Å². The quantitative estimate of drug-likeness (QED) is 0.922. The lowest BCUT2D eigenvalue weighted by Gasteiger charge is -2.27. The minimum atomic E-state index is -0.389. The minimum Gasteiger partial charge on any atom is -0.445 e. The second-order valence-electron chi connectivity index (χ2n) is 6.74. The molecule has 5 heteroatoms. The first-order valence-corrected chi connectivity index (χ1v) is 9.02. The van der Waals surface area contributed by atoms with E-state index < -0.39 is 0 Å². The predicted molar refractivity (Wildman–Crippen MR) is 91.4 cm³/mol. The van der Waals surface area contributed by atoms with Crippen LogP contribution in [-0.2, 0) is 16.1 Å². The number of nitrogens with zero attached hydrogens (tertiary/aromatic N) is 1.